The van der Waals surface area contributed by atoms with Gasteiger partial charge in [0.2, 0.25) is 10.0 Å². The summed E-state index contributed by atoms with van der Waals surface area (Å²) in [5.74, 6) is -0.255. The number of anilines is 1. The highest BCUT2D eigenvalue weighted by Gasteiger charge is 2.46. The number of hydrogen-bond donors (Lipinski definition) is 1. The molecule has 1 saturated heterocycles. The first kappa shape index (κ1) is 23.0. The van der Waals surface area contributed by atoms with E-state index in [0.29, 0.717) is 28.0 Å². The first-order valence-electron chi connectivity index (χ1n) is 10.1. The molecule has 1 N–H and O–H groups in total. The highest BCUT2D eigenvalue weighted by Crippen LogP contribution is 2.49. The fraction of sp³-hybridized carbons (Fsp3) is 0.429. The molecule has 2 aliphatic rings. The van der Waals surface area contributed by atoms with Crippen LogP contribution in [0.15, 0.2) is 36.4 Å². The summed E-state index contributed by atoms with van der Waals surface area (Å²) in [5, 5.41) is 2.77. The summed E-state index contributed by atoms with van der Waals surface area (Å²) < 4.78 is 30.9. The lowest BCUT2D eigenvalue weighted by Crippen LogP contribution is -2.34. The number of nitrogens with one attached hydrogen (secondary N) is 1. The summed E-state index contributed by atoms with van der Waals surface area (Å²) in [6, 6.07) is 10.9. The Labute approximate surface area is 196 Å². The van der Waals surface area contributed by atoms with Crippen LogP contribution in [0.25, 0.3) is 0 Å². The third-order valence-electron chi connectivity index (χ3n) is 5.90. The molecule has 0 radical (unpaired) electrons. The van der Waals surface area contributed by atoms with E-state index in [1.807, 2.05) is 24.3 Å². The Morgan fingerprint density at radius 2 is 1.97 bits per heavy atom. The van der Waals surface area contributed by atoms with Crippen LogP contribution >= 0.6 is 22.9 Å². The second kappa shape index (κ2) is 8.66. The number of benzene rings is 1. The van der Waals surface area contributed by atoms with Crippen LogP contribution in [0.2, 0.25) is 4.34 Å². The smallest absolute Gasteiger partial charge is 0.414 e. The molecule has 2 heterocycles. The van der Waals surface area contributed by atoms with Gasteiger partial charge < -0.3 is 10.1 Å². The maximum Gasteiger partial charge on any atom is 0.414 e. The summed E-state index contributed by atoms with van der Waals surface area (Å²) in [5.41, 5.74) is 1.59. The number of cyclic esters (lactones) is 1. The van der Waals surface area contributed by atoms with Gasteiger partial charge in [0, 0.05) is 24.7 Å². The average molecular weight is 498 g/mol. The Balaban J connectivity index is 1.36. The van der Waals surface area contributed by atoms with Crippen molar-refractivity contribution in [1.29, 1.82) is 0 Å². The second-order valence-electron chi connectivity index (χ2n) is 8.28. The fourth-order valence-electron chi connectivity index (χ4n) is 3.80. The number of rotatable bonds is 8. The maximum absolute atomic E-state index is 12.4. The highest BCUT2D eigenvalue weighted by atomic mass is 35.5. The van der Waals surface area contributed by atoms with Crippen molar-refractivity contribution in [3.8, 4) is 0 Å². The molecule has 1 atom stereocenters. The molecule has 172 valence electrons. The second-order valence-corrected chi connectivity index (χ2v) is 12.1. The Morgan fingerprint density at radius 1 is 1.28 bits per heavy atom. The molecule has 0 bridgehead atoms. The average Bonchev–Trinajstić information content (AvgIpc) is 3.22. The zero-order valence-corrected chi connectivity index (χ0v) is 20.1. The molecule has 4 rings (SSSR count). The van der Waals surface area contributed by atoms with Gasteiger partial charge in [-0.1, -0.05) is 23.7 Å². The number of thiophene rings is 1. The first-order valence-corrected chi connectivity index (χ1v) is 13.2. The number of sulfonamides is 1. The Morgan fingerprint density at radius 3 is 2.53 bits per heavy atom. The van der Waals surface area contributed by atoms with Crippen LogP contribution in [-0.2, 0) is 20.2 Å². The van der Waals surface area contributed by atoms with Crippen LogP contribution in [-0.4, -0.2) is 63.8 Å². The van der Waals surface area contributed by atoms with Gasteiger partial charge in [0.05, 0.1) is 28.6 Å². The Bertz CT molecular complexity index is 1130. The molecule has 1 saturated carbocycles. The Hall–Kier alpha value is -2.14. The van der Waals surface area contributed by atoms with Crippen molar-refractivity contribution in [2.45, 2.75) is 24.4 Å². The van der Waals surface area contributed by atoms with E-state index in [-0.39, 0.29) is 17.9 Å². The minimum absolute atomic E-state index is 0.167. The van der Waals surface area contributed by atoms with Crippen molar-refractivity contribution in [2.75, 3.05) is 37.8 Å². The quantitative estimate of drug-likeness (QED) is 0.604. The molecule has 1 aromatic carbocycles. The van der Waals surface area contributed by atoms with Gasteiger partial charge in [0.25, 0.3) is 5.91 Å². The van der Waals surface area contributed by atoms with E-state index in [2.05, 4.69) is 5.32 Å². The molecule has 11 heteroatoms. The molecular formula is C21H24ClN3O5S2. The summed E-state index contributed by atoms with van der Waals surface area (Å²) in [4.78, 5) is 26.6. The predicted octanol–water partition coefficient (Wildman–Crippen LogP) is 3.08. The van der Waals surface area contributed by atoms with Crippen LogP contribution in [0, 0.1) is 0 Å². The molecular weight excluding hydrogens is 474 g/mol. The highest BCUT2D eigenvalue weighted by molar-refractivity contribution is 7.88. The van der Waals surface area contributed by atoms with Crippen molar-refractivity contribution >= 4 is 50.6 Å². The normalized spacial score (nSPS) is 19.8. The molecule has 32 heavy (non-hydrogen) atoms. The van der Waals surface area contributed by atoms with Gasteiger partial charge in [-0.2, -0.15) is 0 Å². The largest absolute Gasteiger partial charge is 0.442 e. The zero-order chi connectivity index (χ0) is 23.1. The van der Waals surface area contributed by atoms with Crippen LogP contribution in [0.1, 0.15) is 28.1 Å². The predicted molar refractivity (Wildman–Crippen MR) is 124 cm³/mol. The summed E-state index contributed by atoms with van der Waals surface area (Å²) in [6.07, 6.45) is 2.14. The molecule has 2 fully saturated rings. The molecule has 1 aliphatic heterocycles. The van der Waals surface area contributed by atoms with Gasteiger partial charge in [0.15, 0.2) is 0 Å². The minimum Gasteiger partial charge on any atom is -0.442 e. The van der Waals surface area contributed by atoms with Crippen molar-refractivity contribution in [3.63, 3.8) is 0 Å². The van der Waals surface area contributed by atoms with Crippen molar-refractivity contribution < 1.29 is 22.7 Å². The summed E-state index contributed by atoms with van der Waals surface area (Å²) >= 11 is 7.05. The molecule has 2 amide bonds. The van der Waals surface area contributed by atoms with Gasteiger partial charge >= 0.3 is 6.09 Å². The molecule has 8 nitrogen and oxygen atoms in total. The standard InChI is InChI=1S/C21H24ClN3O5S2/c1-24(32(2,28)29)13-21(9-10-21)14-3-5-15(6-4-14)25-12-16(30-20(25)27)11-23-19(26)17-7-8-18(22)31-17/h3-8,16H,9-13H2,1-2H3,(H,23,26). The third-order valence-corrected chi connectivity index (χ3v) is 8.39. The molecule has 2 aromatic rings. The molecule has 0 spiro atoms. The van der Waals surface area contributed by atoms with Gasteiger partial charge in [-0.15, -0.1) is 11.3 Å². The number of hydrogen-bond acceptors (Lipinski definition) is 6. The van der Waals surface area contributed by atoms with E-state index in [1.165, 1.54) is 26.8 Å². The van der Waals surface area contributed by atoms with E-state index >= 15 is 0 Å². The fourth-order valence-corrected chi connectivity index (χ4v) is 5.24. The van der Waals surface area contributed by atoms with E-state index in [1.54, 1.807) is 19.2 Å². The van der Waals surface area contributed by atoms with Crippen LogP contribution in [0.3, 0.4) is 0 Å². The van der Waals surface area contributed by atoms with Gasteiger partial charge in [-0.3, -0.25) is 9.69 Å². The molecule has 1 unspecified atom stereocenters. The van der Waals surface area contributed by atoms with Crippen LogP contribution in [0.4, 0.5) is 10.5 Å². The number of likely N-dealkylation sites (N-methyl/N-ethyl adjacent to an activating group) is 1. The lowest BCUT2D eigenvalue weighted by atomic mass is 9.95. The van der Waals surface area contributed by atoms with E-state index in [9.17, 15) is 18.0 Å². The lowest BCUT2D eigenvalue weighted by molar-refractivity contribution is 0.0920. The number of halogens is 1. The van der Waals surface area contributed by atoms with Gasteiger partial charge in [-0.25, -0.2) is 17.5 Å². The van der Waals surface area contributed by atoms with Crippen molar-refractivity contribution in [1.82, 2.24) is 9.62 Å². The lowest BCUT2D eigenvalue weighted by Gasteiger charge is -2.23. The first-order chi connectivity index (χ1) is 15.1. The summed E-state index contributed by atoms with van der Waals surface area (Å²) in [7, 11) is -1.65. The zero-order valence-electron chi connectivity index (χ0n) is 17.7. The van der Waals surface area contributed by atoms with Crippen LogP contribution < -0.4 is 10.2 Å². The number of carbonyl (C=O) groups excluding carboxylic acids is 2. The third kappa shape index (κ3) is 4.93. The van der Waals surface area contributed by atoms with E-state index in [4.69, 9.17) is 16.3 Å². The van der Waals surface area contributed by atoms with Crippen LogP contribution in [0.5, 0.6) is 0 Å². The minimum atomic E-state index is -3.24. The maximum atomic E-state index is 12.4. The number of nitrogens with zero attached hydrogens (tertiary/aromatic N) is 2. The topological polar surface area (TPSA) is 96.0 Å². The van der Waals surface area contributed by atoms with E-state index in [0.717, 1.165) is 18.4 Å². The van der Waals surface area contributed by atoms with Crippen molar-refractivity contribution in [3.05, 3.63) is 51.2 Å². The van der Waals surface area contributed by atoms with Crippen molar-refractivity contribution in [2.24, 2.45) is 0 Å². The SMILES string of the molecule is CN(CC1(c2ccc(N3CC(CNC(=O)c4ccc(Cl)s4)OC3=O)cc2)CC1)S(C)(=O)=O. The number of amides is 2. The van der Waals surface area contributed by atoms with Gasteiger partial charge in [-0.05, 0) is 42.7 Å². The molecule has 1 aliphatic carbocycles. The Kier molecular flexibility index (Phi) is 6.23. The monoisotopic (exact) mass is 497 g/mol. The molecule has 1 aromatic heterocycles. The summed E-state index contributed by atoms with van der Waals surface area (Å²) in [6.45, 7) is 0.968. The number of ether oxygens (including phenoxy) is 1. The number of carbonyl (C=O) groups is 2. The van der Waals surface area contributed by atoms with Gasteiger partial charge in [0.1, 0.15) is 6.10 Å². The van der Waals surface area contributed by atoms with E-state index < -0.39 is 22.2 Å².